The predicted molar refractivity (Wildman–Crippen MR) is 262 cm³/mol. The van der Waals surface area contributed by atoms with Gasteiger partial charge in [0.05, 0.1) is 20.8 Å². The molecule has 0 atom stereocenters. The summed E-state index contributed by atoms with van der Waals surface area (Å²) in [5.41, 5.74) is 8.92. The van der Waals surface area contributed by atoms with Gasteiger partial charge in [-0.25, -0.2) is 0 Å². The fourth-order valence-corrected chi connectivity index (χ4v) is 16.1. The second-order valence-electron chi connectivity index (χ2n) is 15.3. The van der Waals surface area contributed by atoms with Gasteiger partial charge in [0, 0.05) is 56.8 Å². The van der Waals surface area contributed by atoms with E-state index in [1.165, 1.54) is 110 Å². The van der Waals surface area contributed by atoms with Gasteiger partial charge in [-0.1, -0.05) is 151 Å². The van der Waals surface area contributed by atoms with E-state index in [1.807, 2.05) is 34.0 Å². The lowest BCUT2D eigenvalue weighted by Crippen LogP contribution is -2.48. The summed E-state index contributed by atoms with van der Waals surface area (Å²) < 4.78 is 7.92. The lowest BCUT2D eigenvalue weighted by molar-refractivity contribution is 1.32. The monoisotopic (exact) mass is 818 g/mol. The van der Waals surface area contributed by atoms with E-state index in [-0.39, 0.29) is 0 Å². The van der Waals surface area contributed by atoms with Crippen LogP contribution in [-0.4, -0.2) is 8.80 Å². The van der Waals surface area contributed by atoms with Crippen molar-refractivity contribution in [1.29, 1.82) is 0 Å². The molecule has 0 unspecified atom stereocenters. The quantitative estimate of drug-likeness (QED) is 0.156. The molecule has 59 heavy (non-hydrogen) atoms. The third-order valence-electron chi connectivity index (χ3n) is 12.1. The van der Waals surface area contributed by atoms with Crippen molar-refractivity contribution in [1.82, 2.24) is 0 Å². The molecule has 0 saturated carbocycles. The highest BCUT2D eigenvalue weighted by atomic mass is 32.1. The minimum absolute atomic E-state index is 1.13. The Bertz CT molecular complexity index is 3520. The van der Waals surface area contributed by atoms with Gasteiger partial charge in [0.25, 0.3) is 0 Å². The summed E-state index contributed by atoms with van der Waals surface area (Å²) in [5, 5.41) is 12.4. The van der Waals surface area contributed by atoms with Crippen molar-refractivity contribution in [3.63, 3.8) is 0 Å². The Morgan fingerprint density at radius 1 is 0.356 bits per heavy atom. The fourth-order valence-electron chi connectivity index (χ4n) is 9.63. The normalized spacial score (nSPS) is 12.7. The first-order valence-electron chi connectivity index (χ1n) is 20.0. The first-order chi connectivity index (χ1) is 29.3. The largest absolute Gasteiger partial charge is 0.308 e. The molecule has 1 aliphatic heterocycles. The SMILES string of the molecule is c1ccc([Si]2c3ccccc3-c3c2ccc2sc4cccc(-c5ccc(N(c6cccc7c6sc6ccccc67)c6cccc7c6sc6ccccc67)cc5)c4c32)cc1. The van der Waals surface area contributed by atoms with Crippen molar-refractivity contribution in [2.45, 2.75) is 0 Å². The van der Waals surface area contributed by atoms with Crippen LogP contribution in [0, 0.1) is 0 Å². The molecular weight excluding hydrogens is 787 g/mol. The smallest absolute Gasteiger partial charge is 0.156 e. The van der Waals surface area contributed by atoms with Crippen molar-refractivity contribution in [3.05, 3.63) is 194 Å². The summed E-state index contributed by atoms with van der Waals surface area (Å²) in [6, 6.07) is 72.7. The highest BCUT2D eigenvalue weighted by Crippen LogP contribution is 2.50. The van der Waals surface area contributed by atoms with Gasteiger partial charge in [-0.05, 0) is 81.2 Å². The van der Waals surface area contributed by atoms with Crippen LogP contribution in [0.2, 0.25) is 0 Å². The third kappa shape index (κ3) is 5.00. The van der Waals surface area contributed by atoms with Crippen LogP contribution in [0.15, 0.2) is 194 Å². The average molecular weight is 819 g/mol. The standard InChI is InChI=1S/C54H32NS3Si/c1-2-13-35(14-3-1)59-48-26-9-6-17-41(48)51-49(59)32-31-47-52(51)50-36(18-12-25-46(50)56-47)33-27-29-34(30-28-33)55(42-21-10-19-39-37-15-4-7-23-44(37)57-53(39)42)43-22-11-20-40-38-16-5-8-24-45(38)58-54(40)43/h1-32H. The van der Waals surface area contributed by atoms with Gasteiger partial charge in [-0.15, -0.1) is 34.0 Å². The highest BCUT2D eigenvalue weighted by Gasteiger charge is 2.34. The number of anilines is 3. The first kappa shape index (κ1) is 33.6. The molecule has 0 aliphatic carbocycles. The van der Waals surface area contributed by atoms with E-state index in [4.69, 9.17) is 0 Å². The molecule has 13 rings (SSSR count). The Balaban J connectivity index is 1.02. The molecule has 0 amide bonds. The lowest BCUT2D eigenvalue weighted by atomic mass is 9.94. The van der Waals surface area contributed by atoms with Crippen LogP contribution >= 0.6 is 34.0 Å². The van der Waals surface area contributed by atoms with Gasteiger partial charge in [0.15, 0.2) is 8.80 Å². The van der Waals surface area contributed by atoms with Gasteiger partial charge in [0.1, 0.15) is 0 Å². The van der Waals surface area contributed by atoms with Gasteiger partial charge >= 0.3 is 0 Å². The fraction of sp³-hybridized carbons (Fsp3) is 0. The Kier molecular flexibility index (Phi) is 7.45. The van der Waals surface area contributed by atoms with Crippen LogP contribution < -0.4 is 20.5 Å². The molecule has 0 bridgehead atoms. The van der Waals surface area contributed by atoms with Crippen LogP contribution in [-0.2, 0) is 0 Å². The van der Waals surface area contributed by atoms with Crippen molar-refractivity contribution >= 4 is 136 Å². The molecule has 9 aromatic carbocycles. The van der Waals surface area contributed by atoms with E-state index in [0.29, 0.717) is 0 Å². The van der Waals surface area contributed by atoms with E-state index in [2.05, 4.69) is 199 Å². The topological polar surface area (TPSA) is 3.24 Å². The first-order valence-corrected chi connectivity index (χ1v) is 24.0. The van der Waals surface area contributed by atoms with Gasteiger partial charge in [-0.2, -0.15) is 0 Å². The van der Waals surface area contributed by atoms with E-state index < -0.39 is 8.80 Å². The molecule has 4 heterocycles. The van der Waals surface area contributed by atoms with Crippen molar-refractivity contribution in [3.8, 4) is 22.3 Å². The van der Waals surface area contributed by atoms with Crippen LogP contribution in [0.25, 0.3) is 82.8 Å². The summed E-state index contributed by atoms with van der Waals surface area (Å²) in [6.07, 6.45) is 0. The number of benzene rings is 9. The second kappa shape index (κ2) is 13.1. The zero-order valence-corrected chi connectivity index (χ0v) is 35.1. The van der Waals surface area contributed by atoms with Gasteiger partial charge < -0.3 is 4.90 Å². The lowest BCUT2D eigenvalue weighted by Gasteiger charge is -2.27. The Hall–Kier alpha value is -6.34. The molecule has 275 valence electrons. The van der Waals surface area contributed by atoms with Gasteiger partial charge in [-0.3, -0.25) is 0 Å². The highest BCUT2D eigenvalue weighted by molar-refractivity contribution is 7.27. The number of rotatable bonds is 5. The van der Waals surface area contributed by atoms with Crippen LogP contribution in [0.4, 0.5) is 17.1 Å². The number of hydrogen-bond donors (Lipinski definition) is 0. The minimum atomic E-state index is -1.13. The molecule has 1 radical (unpaired) electrons. The van der Waals surface area contributed by atoms with Crippen molar-refractivity contribution in [2.75, 3.05) is 4.90 Å². The number of thiophene rings is 3. The minimum Gasteiger partial charge on any atom is -0.308 e. The van der Waals surface area contributed by atoms with Crippen LogP contribution in [0.5, 0.6) is 0 Å². The number of hydrogen-bond acceptors (Lipinski definition) is 4. The Labute approximate surface area is 354 Å². The number of fused-ring (bicyclic) bond motifs is 13. The summed E-state index contributed by atoms with van der Waals surface area (Å²) in [4.78, 5) is 2.51. The van der Waals surface area contributed by atoms with E-state index >= 15 is 0 Å². The zero-order valence-electron chi connectivity index (χ0n) is 31.6. The summed E-state index contributed by atoms with van der Waals surface area (Å²) in [5.74, 6) is 0. The predicted octanol–water partition coefficient (Wildman–Crippen LogP) is 14.4. The van der Waals surface area contributed by atoms with E-state index in [0.717, 1.165) is 5.69 Å². The summed E-state index contributed by atoms with van der Waals surface area (Å²) in [6.45, 7) is 0. The van der Waals surface area contributed by atoms with Crippen molar-refractivity contribution < 1.29 is 0 Å². The summed E-state index contributed by atoms with van der Waals surface area (Å²) in [7, 11) is -1.13. The van der Waals surface area contributed by atoms with E-state index in [9.17, 15) is 0 Å². The van der Waals surface area contributed by atoms with Crippen molar-refractivity contribution in [2.24, 2.45) is 0 Å². The maximum atomic E-state index is 2.51. The second-order valence-corrected chi connectivity index (χ2v) is 20.9. The summed E-state index contributed by atoms with van der Waals surface area (Å²) >= 11 is 5.70. The average Bonchev–Trinajstić information content (AvgIpc) is 4.06. The zero-order chi connectivity index (χ0) is 38.6. The molecule has 0 N–H and O–H groups in total. The molecule has 0 spiro atoms. The molecule has 12 aromatic rings. The Morgan fingerprint density at radius 3 is 1.63 bits per heavy atom. The maximum Gasteiger partial charge on any atom is 0.156 e. The van der Waals surface area contributed by atoms with E-state index in [1.54, 1.807) is 0 Å². The molecule has 0 fully saturated rings. The van der Waals surface area contributed by atoms with Crippen LogP contribution in [0.3, 0.4) is 0 Å². The molecule has 5 heteroatoms. The third-order valence-corrected chi connectivity index (χ3v) is 18.5. The molecule has 1 nitrogen and oxygen atoms in total. The van der Waals surface area contributed by atoms with Gasteiger partial charge in [0.2, 0.25) is 0 Å². The van der Waals surface area contributed by atoms with Crippen LogP contribution in [0.1, 0.15) is 0 Å². The molecule has 3 aromatic heterocycles. The maximum absolute atomic E-state index is 2.51. The molecular formula is C54H32NS3Si. The molecule has 0 saturated heterocycles. The number of nitrogens with zero attached hydrogens (tertiary/aromatic N) is 1. The Morgan fingerprint density at radius 2 is 0.915 bits per heavy atom. The molecule has 1 aliphatic rings.